The van der Waals surface area contributed by atoms with Gasteiger partial charge in [-0.2, -0.15) is 0 Å². The number of aryl methyl sites for hydroxylation is 1. The van der Waals surface area contributed by atoms with Crippen molar-refractivity contribution < 1.29 is 4.79 Å². The van der Waals surface area contributed by atoms with Crippen LogP contribution in [0.2, 0.25) is 0 Å². The molecule has 1 aliphatic rings. The zero-order valence-electron chi connectivity index (χ0n) is 17.9. The van der Waals surface area contributed by atoms with Crippen molar-refractivity contribution >= 4 is 22.5 Å². The van der Waals surface area contributed by atoms with E-state index >= 15 is 0 Å². The minimum Gasteiger partial charge on any atom is -0.334 e. The van der Waals surface area contributed by atoms with Gasteiger partial charge in [0.05, 0.1) is 18.2 Å². The molecule has 0 spiro atoms. The van der Waals surface area contributed by atoms with Crippen molar-refractivity contribution in [3.63, 3.8) is 0 Å². The highest BCUT2D eigenvalue weighted by molar-refractivity contribution is 6.04. The lowest BCUT2D eigenvalue weighted by Crippen LogP contribution is -2.13. The number of hydrogen-bond acceptors (Lipinski definition) is 3. The second kappa shape index (κ2) is 7.99. The number of carbonyl (C=O) groups excluding carboxylic acids is 1. The molecule has 1 N–H and O–H groups in total. The Hall–Kier alpha value is -3.47. The largest absolute Gasteiger partial charge is 0.334 e. The summed E-state index contributed by atoms with van der Waals surface area (Å²) in [5, 5.41) is 5.03. The van der Waals surface area contributed by atoms with Gasteiger partial charge in [0, 0.05) is 29.8 Å². The number of pyridine rings is 1. The van der Waals surface area contributed by atoms with E-state index in [1.54, 1.807) is 12.5 Å². The number of aromatic nitrogens is 3. The lowest BCUT2D eigenvalue weighted by atomic mass is 10.0. The topological polar surface area (TPSA) is 59.8 Å². The Bertz CT molecular complexity index is 1270. The molecule has 0 bridgehead atoms. The zero-order chi connectivity index (χ0) is 21.4. The maximum Gasteiger partial charge on any atom is 0.256 e. The van der Waals surface area contributed by atoms with Crippen molar-refractivity contribution in [2.24, 2.45) is 13.0 Å². The van der Waals surface area contributed by atoms with E-state index in [4.69, 9.17) is 0 Å². The summed E-state index contributed by atoms with van der Waals surface area (Å²) in [6.45, 7) is 2.23. The normalized spacial score (nSPS) is 15.2. The van der Waals surface area contributed by atoms with E-state index in [0.717, 1.165) is 34.9 Å². The van der Waals surface area contributed by atoms with E-state index < -0.39 is 0 Å². The molecule has 156 valence electrons. The lowest BCUT2D eigenvalue weighted by molar-refractivity contribution is 0.102. The first-order chi connectivity index (χ1) is 15.1. The zero-order valence-corrected chi connectivity index (χ0v) is 17.9. The van der Waals surface area contributed by atoms with Crippen LogP contribution in [-0.4, -0.2) is 20.4 Å². The highest BCUT2D eigenvalue weighted by Gasteiger charge is 2.22. The van der Waals surface area contributed by atoms with E-state index in [9.17, 15) is 4.79 Å². The van der Waals surface area contributed by atoms with Gasteiger partial charge in [-0.3, -0.25) is 4.79 Å². The Labute approximate surface area is 182 Å². The fourth-order valence-electron chi connectivity index (χ4n) is 4.66. The molecule has 0 saturated carbocycles. The van der Waals surface area contributed by atoms with Crippen molar-refractivity contribution in [3.8, 4) is 11.3 Å². The predicted molar refractivity (Wildman–Crippen MR) is 124 cm³/mol. The van der Waals surface area contributed by atoms with Crippen LogP contribution >= 0.6 is 0 Å². The maximum atomic E-state index is 12.9. The van der Waals surface area contributed by atoms with E-state index in [2.05, 4.69) is 46.5 Å². The van der Waals surface area contributed by atoms with Crippen LogP contribution in [0.25, 0.3) is 22.0 Å². The molecular formula is C26H26N4O. The summed E-state index contributed by atoms with van der Waals surface area (Å²) in [4.78, 5) is 21.5. The van der Waals surface area contributed by atoms with Gasteiger partial charge >= 0.3 is 0 Å². The monoisotopic (exact) mass is 410 g/mol. The molecule has 1 atom stereocenters. The van der Waals surface area contributed by atoms with E-state index in [0.29, 0.717) is 17.3 Å². The molecule has 31 heavy (non-hydrogen) atoms. The summed E-state index contributed by atoms with van der Waals surface area (Å²) >= 11 is 0. The summed E-state index contributed by atoms with van der Waals surface area (Å²) in [6.07, 6.45) is 10.1. The number of amides is 1. The van der Waals surface area contributed by atoms with Crippen molar-refractivity contribution in [2.75, 3.05) is 5.32 Å². The van der Waals surface area contributed by atoms with Gasteiger partial charge in [0.25, 0.3) is 5.91 Å². The van der Waals surface area contributed by atoms with E-state index in [1.807, 2.05) is 36.0 Å². The number of nitrogens with zero attached hydrogens (tertiary/aromatic N) is 3. The number of nitrogens with one attached hydrogen (secondary N) is 1. The van der Waals surface area contributed by atoms with Gasteiger partial charge in [-0.05, 0) is 59.5 Å². The fraction of sp³-hybridized carbons (Fsp3) is 0.269. The Kier molecular flexibility index (Phi) is 5.02. The molecule has 0 fully saturated rings. The molecule has 1 aliphatic carbocycles. The van der Waals surface area contributed by atoms with Gasteiger partial charge in [0.15, 0.2) is 0 Å². The van der Waals surface area contributed by atoms with Crippen molar-refractivity contribution in [3.05, 3.63) is 77.9 Å². The molecule has 4 aromatic rings. The SMILES string of the molecule is CCCC1Cc2ccc(C(=O)Nc3cc4cc(-c5cncn5C)ccc4cn3)cc2C1. The van der Waals surface area contributed by atoms with Crippen LogP contribution in [0, 0.1) is 5.92 Å². The number of imidazole rings is 1. The van der Waals surface area contributed by atoms with Gasteiger partial charge in [0.2, 0.25) is 0 Å². The van der Waals surface area contributed by atoms with Gasteiger partial charge in [-0.1, -0.05) is 38.0 Å². The second-order valence-corrected chi connectivity index (χ2v) is 8.52. The van der Waals surface area contributed by atoms with Gasteiger partial charge < -0.3 is 9.88 Å². The first-order valence-corrected chi connectivity index (χ1v) is 10.9. The molecule has 2 aromatic carbocycles. The second-order valence-electron chi connectivity index (χ2n) is 8.52. The molecule has 5 nitrogen and oxygen atoms in total. The molecule has 2 heterocycles. The average molecular weight is 411 g/mol. The first kappa shape index (κ1) is 19.5. The number of carbonyl (C=O) groups is 1. The standard InChI is InChI=1S/C26H26N4O/c1-3-4-17-9-18-5-7-20(12-22(18)10-17)26(31)29-25-13-23-11-19(6-8-21(23)14-28-25)24-15-27-16-30(24)2/h5-8,11-17H,3-4,9-10H2,1-2H3,(H,28,29,31). The van der Waals surface area contributed by atoms with Gasteiger partial charge in [-0.25, -0.2) is 9.97 Å². The summed E-state index contributed by atoms with van der Waals surface area (Å²) in [5.74, 6) is 1.16. The number of rotatable bonds is 5. The van der Waals surface area contributed by atoms with Gasteiger partial charge in [0.1, 0.15) is 5.82 Å². The Morgan fingerprint density at radius 3 is 2.74 bits per heavy atom. The fourth-order valence-corrected chi connectivity index (χ4v) is 4.66. The molecule has 0 radical (unpaired) electrons. The van der Waals surface area contributed by atoms with Crippen LogP contribution in [0.1, 0.15) is 41.3 Å². The quantitative estimate of drug-likeness (QED) is 0.479. The van der Waals surface area contributed by atoms with Crippen LogP contribution in [0.3, 0.4) is 0 Å². The molecule has 2 aromatic heterocycles. The Morgan fingerprint density at radius 2 is 1.94 bits per heavy atom. The highest BCUT2D eigenvalue weighted by atomic mass is 16.1. The summed E-state index contributed by atoms with van der Waals surface area (Å²) in [7, 11) is 1.98. The number of hydrogen-bond donors (Lipinski definition) is 1. The molecule has 0 aliphatic heterocycles. The molecule has 1 unspecified atom stereocenters. The molecular weight excluding hydrogens is 384 g/mol. The minimum absolute atomic E-state index is 0.114. The summed E-state index contributed by atoms with van der Waals surface area (Å²) in [5.41, 5.74) is 5.53. The van der Waals surface area contributed by atoms with Crippen molar-refractivity contribution in [2.45, 2.75) is 32.6 Å². The number of anilines is 1. The third kappa shape index (κ3) is 3.83. The van der Waals surface area contributed by atoms with Crippen LogP contribution in [-0.2, 0) is 19.9 Å². The van der Waals surface area contributed by atoms with Crippen molar-refractivity contribution in [1.29, 1.82) is 0 Å². The van der Waals surface area contributed by atoms with Crippen LogP contribution in [0.15, 0.2) is 61.2 Å². The first-order valence-electron chi connectivity index (χ1n) is 10.9. The maximum absolute atomic E-state index is 12.9. The smallest absolute Gasteiger partial charge is 0.256 e. The minimum atomic E-state index is -0.114. The lowest BCUT2D eigenvalue weighted by Gasteiger charge is -2.09. The van der Waals surface area contributed by atoms with Crippen molar-refractivity contribution in [1.82, 2.24) is 14.5 Å². The third-order valence-corrected chi connectivity index (χ3v) is 6.26. The highest BCUT2D eigenvalue weighted by Crippen LogP contribution is 2.31. The molecule has 5 heteroatoms. The summed E-state index contributed by atoms with van der Waals surface area (Å²) < 4.78 is 1.99. The van der Waals surface area contributed by atoms with Crippen LogP contribution in [0.4, 0.5) is 5.82 Å². The third-order valence-electron chi connectivity index (χ3n) is 6.26. The van der Waals surface area contributed by atoms with E-state index in [-0.39, 0.29) is 5.91 Å². The molecule has 1 amide bonds. The Morgan fingerprint density at radius 1 is 1.06 bits per heavy atom. The predicted octanol–water partition coefficient (Wildman–Crippen LogP) is 5.40. The summed E-state index contributed by atoms with van der Waals surface area (Å²) in [6, 6.07) is 14.3. The Balaban J connectivity index is 1.37. The van der Waals surface area contributed by atoms with Crippen LogP contribution in [0.5, 0.6) is 0 Å². The van der Waals surface area contributed by atoms with E-state index in [1.165, 1.54) is 24.0 Å². The average Bonchev–Trinajstić information content (AvgIpc) is 3.38. The number of fused-ring (bicyclic) bond motifs is 2. The van der Waals surface area contributed by atoms with Gasteiger partial charge in [-0.15, -0.1) is 0 Å². The molecule has 0 saturated heterocycles. The van der Waals surface area contributed by atoms with Crippen LogP contribution < -0.4 is 5.32 Å². The molecule has 5 rings (SSSR count). The number of benzene rings is 2.